The molecule has 1 aliphatic carbocycles. The summed E-state index contributed by atoms with van der Waals surface area (Å²) in [5.41, 5.74) is 5.98. The van der Waals surface area contributed by atoms with Crippen molar-refractivity contribution in [3.8, 4) is 11.5 Å². The maximum Gasteiger partial charge on any atom is 0.255 e. The lowest BCUT2D eigenvalue weighted by atomic mass is 9.76. The van der Waals surface area contributed by atoms with Gasteiger partial charge in [-0.25, -0.2) is 0 Å². The summed E-state index contributed by atoms with van der Waals surface area (Å²) in [6.45, 7) is 0.463. The van der Waals surface area contributed by atoms with Crippen molar-refractivity contribution in [3.63, 3.8) is 0 Å². The van der Waals surface area contributed by atoms with Gasteiger partial charge in [-0.05, 0) is 37.5 Å². The Hall–Kier alpha value is -1.75. The molecule has 5 nitrogen and oxygen atoms in total. The number of hydrogen-bond donors (Lipinski definition) is 2. The molecule has 0 radical (unpaired) electrons. The SMILES string of the molecule is COc1ccc(OC)c(C(=O)NC2(CN)CCC2)c1. The van der Waals surface area contributed by atoms with Crippen molar-refractivity contribution in [2.75, 3.05) is 20.8 Å². The molecule has 0 unspecified atom stereocenters. The first-order valence-electron chi connectivity index (χ1n) is 6.39. The molecule has 1 amide bonds. The van der Waals surface area contributed by atoms with Crippen molar-refractivity contribution in [1.29, 1.82) is 0 Å². The molecule has 1 fully saturated rings. The Morgan fingerprint density at radius 1 is 1.37 bits per heavy atom. The van der Waals surface area contributed by atoms with Gasteiger partial charge in [-0.2, -0.15) is 0 Å². The van der Waals surface area contributed by atoms with Crippen molar-refractivity contribution in [3.05, 3.63) is 23.8 Å². The van der Waals surface area contributed by atoms with Crippen LogP contribution in [0.1, 0.15) is 29.6 Å². The molecular formula is C14H20N2O3. The van der Waals surface area contributed by atoms with Crippen LogP contribution in [-0.2, 0) is 0 Å². The van der Waals surface area contributed by atoms with Gasteiger partial charge >= 0.3 is 0 Å². The lowest BCUT2D eigenvalue weighted by Crippen LogP contribution is -2.58. The molecule has 1 aromatic rings. The summed E-state index contributed by atoms with van der Waals surface area (Å²) < 4.78 is 10.4. The van der Waals surface area contributed by atoms with Gasteiger partial charge in [0.25, 0.3) is 5.91 Å². The normalized spacial score (nSPS) is 16.4. The lowest BCUT2D eigenvalue weighted by Gasteiger charge is -2.41. The Bertz CT molecular complexity index is 464. The van der Waals surface area contributed by atoms with Crippen LogP contribution in [0.4, 0.5) is 0 Å². The molecule has 1 aromatic carbocycles. The molecular weight excluding hydrogens is 244 g/mol. The standard InChI is InChI=1S/C14H20N2O3/c1-18-10-4-5-12(19-2)11(8-10)13(17)16-14(9-15)6-3-7-14/h4-5,8H,3,6-7,9,15H2,1-2H3,(H,16,17). The molecule has 0 heterocycles. The fraction of sp³-hybridized carbons (Fsp3) is 0.500. The number of benzene rings is 1. The first-order chi connectivity index (χ1) is 9.14. The van der Waals surface area contributed by atoms with E-state index in [1.165, 1.54) is 0 Å². The van der Waals surface area contributed by atoms with Crippen LogP contribution in [0.5, 0.6) is 11.5 Å². The van der Waals surface area contributed by atoms with E-state index in [2.05, 4.69) is 5.32 Å². The maximum atomic E-state index is 12.4. The number of methoxy groups -OCH3 is 2. The van der Waals surface area contributed by atoms with Crippen LogP contribution >= 0.6 is 0 Å². The molecule has 2 rings (SSSR count). The van der Waals surface area contributed by atoms with E-state index in [-0.39, 0.29) is 11.4 Å². The fourth-order valence-corrected chi connectivity index (χ4v) is 2.28. The minimum atomic E-state index is -0.245. The van der Waals surface area contributed by atoms with Crippen LogP contribution in [0.2, 0.25) is 0 Å². The second-order valence-corrected chi connectivity index (χ2v) is 4.86. The third-order valence-corrected chi connectivity index (χ3v) is 3.73. The van der Waals surface area contributed by atoms with Crippen LogP contribution in [0.3, 0.4) is 0 Å². The summed E-state index contributed by atoms with van der Waals surface area (Å²) in [7, 11) is 3.11. The highest BCUT2D eigenvalue weighted by molar-refractivity contribution is 5.98. The average molecular weight is 264 g/mol. The Morgan fingerprint density at radius 2 is 2.11 bits per heavy atom. The quantitative estimate of drug-likeness (QED) is 0.841. The van der Waals surface area contributed by atoms with Crippen LogP contribution in [0.15, 0.2) is 18.2 Å². The second-order valence-electron chi connectivity index (χ2n) is 4.86. The van der Waals surface area contributed by atoms with Crippen LogP contribution < -0.4 is 20.5 Å². The topological polar surface area (TPSA) is 73.6 Å². The molecule has 5 heteroatoms. The number of carbonyl (C=O) groups is 1. The van der Waals surface area contributed by atoms with Crippen molar-refractivity contribution >= 4 is 5.91 Å². The Kier molecular flexibility index (Phi) is 3.95. The third kappa shape index (κ3) is 2.66. The smallest absolute Gasteiger partial charge is 0.255 e. The predicted octanol–water partition coefficient (Wildman–Crippen LogP) is 1.31. The van der Waals surface area contributed by atoms with Gasteiger partial charge in [-0.3, -0.25) is 4.79 Å². The molecule has 1 saturated carbocycles. The largest absolute Gasteiger partial charge is 0.497 e. The van der Waals surface area contributed by atoms with Gasteiger partial charge in [0.05, 0.1) is 25.3 Å². The Labute approximate surface area is 113 Å². The molecule has 0 atom stereocenters. The molecule has 104 valence electrons. The van der Waals surface area contributed by atoms with Crippen LogP contribution in [0.25, 0.3) is 0 Å². The number of rotatable bonds is 5. The first-order valence-corrected chi connectivity index (χ1v) is 6.39. The second kappa shape index (κ2) is 5.48. The average Bonchev–Trinajstić information content (AvgIpc) is 2.41. The number of amides is 1. The zero-order valence-electron chi connectivity index (χ0n) is 11.4. The minimum absolute atomic E-state index is 0.166. The molecule has 1 aliphatic rings. The van der Waals surface area contributed by atoms with Gasteiger partial charge in [0.1, 0.15) is 11.5 Å². The van der Waals surface area contributed by atoms with Crippen molar-refractivity contribution in [2.45, 2.75) is 24.8 Å². The summed E-state index contributed by atoms with van der Waals surface area (Å²) in [4.78, 5) is 12.4. The minimum Gasteiger partial charge on any atom is -0.497 e. The van der Waals surface area contributed by atoms with Crippen molar-refractivity contribution < 1.29 is 14.3 Å². The molecule has 0 bridgehead atoms. The molecule has 0 aromatic heterocycles. The van der Waals surface area contributed by atoms with E-state index in [1.54, 1.807) is 32.4 Å². The van der Waals surface area contributed by atoms with E-state index in [0.29, 0.717) is 23.6 Å². The molecule has 0 saturated heterocycles. The number of ether oxygens (including phenoxy) is 2. The van der Waals surface area contributed by atoms with Gasteiger partial charge in [-0.15, -0.1) is 0 Å². The van der Waals surface area contributed by atoms with E-state index >= 15 is 0 Å². The van der Waals surface area contributed by atoms with E-state index in [4.69, 9.17) is 15.2 Å². The maximum absolute atomic E-state index is 12.4. The molecule has 3 N–H and O–H groups in total. The number of carbonyl (C=O) groups excluding carboxylic acids is 1. The Balaban J connectivity index is 2.22. The summed E-state index contributed by atoms with van der Waals surface area (Å²) in [5, 5.41) is 3.02. The third-order valence-electron chi connectivity index (χ3n) is 3.73. The van der Waals surface area contributed by atoms with Gasteiger partial charge in [0, 0.05) is 6.54 Å². The summed E-state index contributed by atoms with van der Waals surface area (Å²) >= 11 is 0. The number of nitrogens with one attached hydrogen (secondary N) is 1. The summed E-state index contributed by atoms with van der Waals surface area (Å²) in [6, 6.07) is 5.17. The number of nitrogens with two attached hydrogens (primary N) is 1. The van der Waals surface area contributed by atoms with Gasteiger partial charge in [0.15, 0.2) is 0 Å². The zero-order valence-corrected chi connectivity index (χ0v) is 11.4. The monoisotopic (exact) mass is 264 g/mol. The van der Waals surface area contributed by atoms with Gasteiger partial charge < -0.3 is 20.5 Å². The fourth-order valence-electron chi connectivity index (χ4n) is 2.28. The predicted molar refractivity (Wildman–Crippen MR) is 72.6 cm³/mol. The van der Waals surface area contributed by atoms with E-state index < -0.39 is 0 Å². The molecule has 19 heavy (non-hydrogen) atoms. The summed E-state index contributed by atoms with van der Waals surface area (Å²) in [5.74, 6) is 0.993. The summed E-state index contributed by atoms with van der Waals surface area (Å²) in [6.07, 6.45) is 2.97. The Morgan fingerprint density at radius 3 is 2.58 bits per heavy atom. The van der Waals surface area contributed by atoms with Gasteiger partial charge in [0.2, 0.25) is 0 Å². The van der Waals surface area contributed by atoms with Gasteiger partial charge in [-0.1, -0.05) is 0 Å². The molecule has 0 aliphatic heterocycles. The highest BCUT2D eigenvalue weighted by atomic mass is 16.5. The highest BCUT2D eigenvalue weighted by Crippen LogP contribution is 2.32. The van der Waals surface area contributed by atoms with E-state index in [0.717, 1.165) is 19.3 Å². The van der Waals surface area contributed by atoms with E-state index in [1.807, 2.05) is 0 Å². The van der Waals surface area contributed by atoms with Crippen molar-refractivity contribution in [1.82, 2.24) is 5.32 Å². The number of hydrogen-bond acceptors (Lipinski definition) is 4. The van der Waals surface area contributed by atoms with E-state index in [9.17, 15) is 4.79 Å². The van der Waals surface area contributed by atoms with Crippen LogP contribution in [-0.4, -0.2) is 32.2 Å². The first kappa shape index (κ1) is 13.7. The zero-order chi connectivity index (χ0) is 13.9. The molecule has 0 spiro atoms. The van der Waals surface area contributed by atoms with Crippen molar-refractivity contribution in [2.24, 2.45) is 5.73 Å². The van der Waals surface area contributed by atoms with Crippen LogP contribution in [0, 0.1) is 0 Å². The highest BCUT2D eigenvalue weighted by Gasteiger charge is 2.37. The lowest BCUT2D eigenvalue weighted by molar-refractivity contribution is 0.0834.